The van der Waals surface area contributed by atoms with E-state index < -0.39 is 0 Å². The molecule has 0 radical (unpaired) electrons. The van der Waals surface area contributed by atoms with E-state index in [4.69, 9.17) is 0 Å². The summed E-state index contributed by atoms with van der Waals surface area (Å²) in [5.74, 6) is 0. The van der Waals surface area contributed by atoms with Crippen molar-refractivity contribution in [2.24, 2.45) is 0 Å². The molecule has 0 atom stereocenters. The molecule has 24 rings (SSSR count). The van der Waals surface area contributed by atoms with E-state index in [0.29, 0.717) is 0 Å². The fourth-order valence-electron chi connectivity index (χ4n) is 18.8. The minimum absolute atomic E-state index is 1.17. The first-order valence-corrected chi connectivity index (χ1v) is 40.7. The Morgan fingerprint density at radius 1 is 0.108 bits per heavy atom. The Morgan fingerprint density at radius 3 is 0.883 bits per heavy atom. The van der Waals surface area contributed by atoms with Gasteiger partial charge in [0, 0.05) is 66.1 Å². The highest BCUT2D eigenvalue weighted by Crippen LogP contribution is 2.51. The van der Waals surface area contributed by atoms with Crippen molar-refractivity contribution in [2.45, 2.75) is 0 Å². The van der Waals surface area contributed by atoms with Crippen LogP contribution in [0.3, 0.4) is 0 Å². The maximum Gasteiger partial charge on any atom is 0.0434 e. The summed E-state index contributed by atoms with van der Waals surface area (Å²) in [6, 6.07) is 143. The maximum atomic E-state index is 2.50. The second-order valence-electron chi connectivity index (χ2n) is 29.9. The molecular formula is C108H62S3. The zero-order chi connectivity index (χ0) is 72.5. The van der Waals surface area contributed by atoms with Gasteiger partial charge in [-0.1, -0.05) is 315 Å². The van der Waals surface area contributed by atoms with Crippen LogP contribution in [0.5, 0.6) is 0 Å². The summed E-state index contributed by atoms with van der Waals surface area (Å²) in [5.41, 5.74) is 19.5. The third-order valence-corrected chi connectivity index (χ3v) is 27.8. The Balaban J connectivity index is 0.645. The first-order valence-electron chi connectivity index (χ1n) is 38.2. The van der Waals surface area contributed by atoms with Gasteiger partial charge in [-0.3, -0.25) is 0 Å². The third kappa shape index (κ3) is 9.70. The molecule has 0 aliphatic carbocycles. The predicted octanol–water partition coefficient (Wildman–Crippen LogP) is 32.5. The Hall–Kier alpha value is -13.4. The lowest BCUT2D eigenvalue weighted by Crippen LogP contribution is -1.91. The number of benzene rings is 21. The first kappa shape index (κ1) is 62.6. The molecule has 0 fully saturated rings. The van der Waals surface area contributed by atoms with Crippen molar-refractivity contribution < 1.29 is 0 Å². The van der Waals surface area contributed by atoms with Gasteiger partial charge in [-0.25, -0.2) is 0 Å². The van der Waals surface area contributed by atoms with E-state index in [9.17, 15) is 0 Å². The van der Waals surface area contributed by atoms with Crippen LogP contribution in [0.2, 0.25) is 0 Å². The molecule has 3 aromatic heterocycles. The van der Waals surface area contributed by atoms with E-state index in [1.807, 2.05) is 34.0 Å². The highest BCUT2D eigenvalue weighted by atomic mass is 32.1. The molecule has 512 valence electrons. The summed E-state index contributed by atoms with van der Waals surface area (Å²) in [6.45, 7) is 0. The summed E-state index contributed by atoms with van der Waals surface area (Å²) in [4.78, 5) is 0. The summed E-state index contributed by atoms with van der Waals surface area (Å²) >= 11 is 5.72. The van der Waals surface area contributed by atoms with Gasteiger partial charge in [0.1, 0.15) is 0 Å². The van der Waals surface area contributed by atoms with Crippen molar-refractivity contribution in [3.63, 3.8) is 0 Å². The lowest BCUT2D eigenvalue weighted by molar-refractivity contribution is 1.60. The lowest BCUT2D eigenvalue weighted by atomic mass is 9.86. The van der Waals surface area contributed by atoms with Gasteiger partial charge in [-0.05, 0) is 241 Å². The molecule has 0 saturated heterocycles. The Labute approximate surface area is 651 Å². The van der Waals surface area contributed by atoms with E-state index in [-0.39, 0.29) is 0 Å². The van der Waals surface area contributed by atoms with Crippen molar-refractivity contribution in [1.82, 2.24) is 0 Å². The van der Waals surface area contributed by atoms with Crippen molar-refractivity contribution in [3.05, 3.63) is 376 Å². The molecule has 0 aliphatic rings. The van der Waals surface area contributed by atoms with Crippen LogP contribution in [0.25, 0.3) is 246 Å². The van der Waals surface area contributed by atoms with E-state index in [1.165, 1.54) is 246 Å². The molecule has 3 heteroatoms. The molecule has 24 aromatic rings. The van der Waals surface area contributed by atoms with Gasteiger partial charge in [0.2, 0.25) is 0 Å². The molecule has 111 heavy (non-hydrogen) atoms. The molecule has 0 aliphatic heterocycles. The monoisotopic (exact) mass is 1450 g/mol. The van der Waals surface area contributed by atoms with Gasteiger partial charge in [0.05, 0.1) is 0 Å². The molecule has 0 unspecified atom stereocenters. The van der Waals surface area contributed by atoms with Gasteiger partial charge < -0.3 is 0 Å². The normalized spacial score (nSPS) is 12.1. The van der Waals surface area contributed by atoms with Crippen LogP contribution in [-0.2, 0) is 0 Å². The standard InChI is InChI=1S/C108H62S3/c1-2-19-63(20-3-1)74-32-15-36-92-93-37-18-38-94(108(93)111-107(74)92)96-56-66(41-48-73(96)71-45-53-89-98-57-65(42-49-85(98)81-27-8-11-30-84(81)101(89)61-71)64-21-14-22-70(55-64)75-33-16-35-91-90-31-12-13-40-103(90)109-105(75)91)67-43-50-86-80-26-7-10-29-83(80)97-58-68(44-51-88(97)99(86)59-67)69-47-54-104-102(60-69)95-39-17-34-76(106(95)110-104)72-46-52-87-79-25-5-4-23-77(79)78-24-6-9-28-82(78)100(87)62-72/h1-62H. The van der Waals surface area contributed by atoms with Gasteiger partial charge in [-0.15, -0.1) is 34.0 Å². The summed E-state index contributed by atoms with van der Waals surface area (Å²) in [7, 11) is 0. The van der Waals surface area contributed by atoms with Crippen LogP contribution in [0.4, 0.5) is 0 Å². The van der Waals surface area contributed by atoms with Crippen molar-refractivity contribution in [3.8, 4) is 89.0 Å². The molecule has 0 amide bonds. The van der Waals surface area contributed by atoms with Crippen LogP contribution >= 0.6 is 34.0 Å². The quantitative estimate of drug-likeness (QED) is 0.133. The average Bonchev–Trinajstić information content (AvgIpc) is 1.74. The van der Waals surface area contributed by atoms with Gasteiger partial charge in [0.25, 0.3) is 0 Å². The zero-order valence-electron chi connectivity index (χ0n) is 60.0. The minimum Gasteiger partial charge on any atom is -0.135 e. The van der Waals surface area contributed by atoms with Crippen molar-refractivity contribution >= 4 is 191 Å². The third-order valence-electron chi connectivity index (χ3n) is 24.0. The van der Waals surface area contributed by atoms with E-state index >= 15 is 0 Å². The van der Waals surface area contributed by atoms with Gasteiger partial charge >= 0.3 is 0 Å². The molecule has 0 saturated carbocycles. The Kier molecular flexibility index (Phi) is 13.9. The molecular weight excluding hydrogens is 1390 g/mol. The fraction of sp³-hybridized carbons (Fsp3) is 0. The van der Waals surface area contributed by atoms with E-state index in [1.54, 1.807) is 0 Å². The molecule has 0 N–H and O–H groups in total. The lowest BCUT2D eigenvalue weighted by Gasteiger charge is -2.17. The number of hydrogen-bond donors (Lipinski definition) is 0. The molecule has 21 aromatic carbocycles. The molecule has 0 bridgehead atoms. The van der Waals surface area contributed by atoms with Gasteiger partial charge in [-0.2, -0.15) is 0 Å². The van der Waals surface area contributed by atoms with E-state index in [0.717, 1.165) is 0 Å². The van der Waals surface area contributed by atoms with Crippen molar-refractivity contribution in [2.75, 3.05) is 0 Å². The smallest absolute Gasteiger partial charge is 0.0434 e. The van der Waals surface area contributed by atoms with Crippen molar-refractivity contribution in [1.29, 1.82) is 0 Å². The Bertz CT molecular complexity index is 8110. The summed E-state index contributed by atoms with van der Waals surface area (Å²) in [5, 5.41) is 30.6. The maximum absolute atomic E-state index is 2.50. The van der Waals surface area contributed by atoms with Crippen LogP contribution < -0.4 is 0 Å². The molecule has 0 spiro atoms. The van der Waals surface area contributed by atoms with Crippen LogP contribution in [0.15, 0.2) is 376 Å². The average molecular weight is 1460 g/mol. The predicted molar refractivity (Wildman–Crippen MR) is 486 cm³/mol. The number of rotatable bonds is 8. The van der Waals surface area contributed by atoms with Crippen LogP contribution in [-0.4, -0.2) is 0 Å². The Morgan fingerprint density at radius 2 is 0.378 bits per heavy atom. The van der Waals surface area contributed by atoms with Crippen LogP contribution in [0, 0.1) is 0 Å². The SMILES string of the molecule is c1ccc(-c2cccc3c2sc2c(-c4cc(-c5ccc6c7ccccc7c7cc(-c8ccc9sc%10c(-c%11ccc%12c%13ccccc%13c%13ccccc%13c%12c%11)cccc%10c9c8)ccc7c6c5)ccc4-c4ccc5c6cc(-c7cccc(-c8cccc9c8sc8ccccc89)c7)ccc6c6ccccc6c5c4)cccc23)cc1. The van der Waals surface area contributed by atoms with E-state index in [2.05, 4.69) is 376 Å². The number of hydrogen-bond acceptors (Lipinski definition) is 3. The first-order chi connectivity index (χ1) is 55.0. The van der Waals surface area contributed by atoms with Gasteiger partial charge in [0.15, 0.2) is 0 Å². The number of fused-ring (bicyclic) bond motifs is 27. The molecule has 3 heterocycles. The fourth-order valence-corrected chi connectivity index (χ4v) is 22.6. The zero-order valence-corrected chi connectivity index (χ0v) is 62.5. The highest BCUT2D eigenvalue weighted by molar-refractivity contribution is 7.27. The second kappa shape index (κ2) is 24.6. The van der Waals surface area contributed by atoms with Crippen LogP contribution in [0.1, 0.15) is 0 Å². The number of thiophene rings is 3. The summed E-state index contributed by atoms with van der Waals surface area (Å²) < 4.78 is 7.86. The highest BCUT2D eigenvalue weighted by Gasteiger charge is 2.23. The second-order valence-corrected chi connectivity index (χ2v) is 33.1. The largest absolute Gasteiger partial charge is 0.135 e. The minimum atomic E-state index is 1.17. The summed E-state index contributed by atoms with van der Waals surface area (Å²) in [6.07, 6.45) is 0. The molecule has 0 nitrogen and oxygen atoms in total. The topological polar surface area (TPSA) is 0 Å².